The molecule has 2 heterocycles. The van der Waals surface area contributed by atoms with Crippen LogP contribution in [0.1, 0.15) is 6.42 Å². The van der Waals surface area contributed by atoms with Crippen molar-refractivity contribution >= 4 is 38.5 Å². The summed E-state index contributed by atoms with van der Waals surface area (Å²) in [5, 5.41) is 18.3. The molecule has 50 heavy (non-hydrogen) atoms. The van der Waals surface area contributed by atoms with Crippen molar-refractivity contribution < 1.29 is 54.8 Å². The lowest BCUT2D eigenvalue weighted by molar-refractivity contribution is -0.384. The minimum absolute atomic E-state index is 0.000846. The standard InChI is InChI=1S/C31H29N3O14S2/c1-40-19-15-21(41-2)25-22(16-19)46-27(17-13-23(42-3)28(44-5)24(14-17)43-4)29(26(25)35)45-11-6-12-49-31-33-32-30(47-31)48-50(38,39)20-9-7-18(8-10-20)34(36)37/h7-10,13-16H,6,11-12H2,1-5H3. The third kappa shape index (κ3) is 7.47. The summed E-state index contributed by atoms with van der Waals surface area (Å²) in [6, 6.07) is 10.4. The molecule has 0 bridgehead atoms. The predicted molar refractivity (Wildman–Crippen MR) is 177 cm³/mol. The zero-order valence-corrected chi connectivity index (χ0v) is 28.7. The normalized spacial score (nSPS) is 11.2. The minimum Gasteiger partial charge on any atom is -0.496 e. The molecule has 3 aromatic carbocycles. The molecule has 5 rings (SSSR count). The van der Waals surface area contributed by atoms with Crippen LogP contribution in [0.2, 0.25) is 0 Å². The molecule has 17 nitrogen and oxygen atoms in total. The van der Waals surface area contributed by atoms with Crippen molar-refractivity contribution in [3.63, 3.8) is 0 Å². The highest BCUT2D eigenvalue weighted by Crippen LogP contribution is 2.44. The second-order valence-electron chi connectivity index (χ2n) is 9.88. The number of aromatic nitrogens is 2. The van der Waals surface area contributed by atoms with E-state index in [-0.39, 0.29) is 50.6 Å². The van der Waals surface area contributed by atoms with Crippen LogP contribution in [-0.4, -0.2) is 71.4 Å². The summed E-state index contributed by atoms with van der Waals surface area (Å²) in [6.07, 6.45) is -0.285. The third-order valence-electron chi connectivity index (χ3n) is 6.94. The van der Waals surface area contributed by atoms with Crippen molar-refractivity contribution in [3.8, 4) is 51.9 Å². The van der Waals surface area contributed by atoms with Gasteiger partial charge in [-0.15, -0.1) is 0 Å². The Hall–Kier alpha value is -5.69. The molecule has 0 amide bonds. The number of nitro groups is 1. The lowest BCUT2D eigenvalue weighted by Crippen LogP contribution is -2.12. The molecular weight excluding hydrogens is 702 g/mol. The highest BCUT2D eigenvalue weighted by Gasteiger charge is 2.25. The van der Waals surface area contributed by atoms with Crippen molar-refractivity contribution in [2.75, 3.05) is 47.9 Å². The van der Waals surface area contributed by atoms with Crippen molar-refractivity contribution in [1.29, 1.82) is 0 Å². The number of benzene rings is 3. The number of non-ortho nitro benzene ring substituents is 1. The summed E-state index contributed by atoms with van der Waals surface area (Å²) in [6.45, 7) is 0.0329. The summed E-state index contributed by atoms with van der Waals surface area (Å²) in [5.74, 6) is 1.91. The summed E-state index contributed by atoms with van der Waals surface area (Å²) in [7, 11) is 2.87. The second kappa shape index (κ2) is 15.2. The van der Waals surface area contributed by atoms with Crippen molar-refractivity contribution in [2.24, 2.45) is 0 Å². The van der Waals surface area contributed by atoms with E-state index in [9.17, 15) is 23.3 Å². The lowest BCUT2D eigenvalue weighted by atomic mass is 10.1. The number of methoxy groups -OCH3 is 5. The molecule has 0 saturated heterocycles. The van der Waals surface area contributed by atoms with Gasteiger partial charge in [0.2, 0.25) is 16.9 Å². The van der Waals surface area contributed by atoms with Gasteiger partial charge in [-0.1, -0.05) is 22.0 Å². The van der Waals surface area contributed by atoms with Crippen LogP contribution < -0.4 is 38.0 Å². The van der Waals surface area contributed by atoms with E-state index in [1.165, 1.54) is 35.5 Å². The van der Waals surface area contributed by atoms with E-state index in [2.05, 4.69) is 10.2 Å². The van der Waals surface area contributed by atoms with Crippen molar-refractivity contribution in [2.45, 2.75) is 16.5 Å². The fourth-order valence-electron chi connectivity index (χ4n) is 4.61. The van der Waals surface area contributed by atoms with Crippen LogP contribution in [0.4, 0.5) is 5.69 Å². The van der Waals surface area contributed by atoms with E-state index in [1.807, 2.05) is 0 Å². The molecule has 5 aromatic rings. The average molecular weight is 732 g/mol. The molecule has 0 aliphatic rings. The minimum atomic E-state index is -4.40. The number of rotatable bonds is 16. The smallest absolute Gasteiger partial charge is 0.431 e. The Labute approximate surface area is 288 Å². The van der Waals surface area contributed by atoms with Gasteiger partial charge >= 0.3 is 16.2 Å². The van der Waals surface area contributed by atoms with E-state index in [0.717, 1.165) is 36.0 Å². The average Bonchev–Trinajstić information content (AvgIpc) is 3.56. The molecule has 0 saturated carbocycles. The molecule has 0 atom stereocenters. The quantitative estimate of drug-likeness (QED) is 0.0423. The Bertz CT molecular complexity index is 2160. The lowest BCUT2D eigenvalue weighted by Gasteiger charge is -2.16. The van der Waals surface area contributed by atoms with Gasteiger partial charge in [0.15, 0.2) is 17.3 Å². The van der Waals surface area contributed by atoms with E-state index in [1.54, 1.807) is 24.3 Å². The molecule has 0 aliphatic heterocycles. The number of nitro benzene ring substituents is 1. The number of hydrogen-bond donors (Lipinski definition) is 0. The van der Waals surface area contributed by atoms with Gasteiger partial charge < -0.3 is 41.4 Å². The highest BCUT2D eigenvalue weighted by molar-refractivity contribution is 7.99. The molecule has 0 fully saturated rings. The van der Waals surface area contributed by atoms with Crippen LogP contribution in [0, 0.1) is 10.1 Å². The third-order valence-corrected chi connectivity index (χ3v) is 9.06. The zero-order valence-electron chi connectivity index (χ0n) is 27.1. The van der Waals surface area contributed by atoms with E-state index in [4.69, 9.17) is 41.4 Å². The number of thioether (sulfide) groups is 1. The molecule has 2 aromatic heterocycles. The van der Waals surface area contributed by atoms with Crippen LogP contribution >= 0.6 is 11.8 Å². The SMILES string of the molecule is COc1cc(OC)c2c(=O)c(OCCCSc3nnc(OS(=O)(=O)c4ccc([N+](=O)[O-])cc4)o3)c(-c3cc(OC)c(OC)c(OC)c3)oc2c1. The van der Waals surface area contributed by atoms with E-state index < -0.39 is 26.5 Å². The van der Waals surface area contributed by atoms with E-state index >= 15 is 0 Å². The van der Waals surface area contributed by atoms with Gasteiger partial charge in [0, 0.05) is 35.6 Å². The maximum Gasteiger partial charge on any atom is 0.431 e. The number of fused-ring (bicyclic) bond motifs is 1. The number of ether oxygens (including phenoxy) is 6. The predicted octanol–water partition coefficient (Wildman–Crippen LogP) is 5.12. The molecule has 0 radical (unpaired) electrons. The Balaban J connectivity index is 1.34. The van der Waals surface area contributed by atoms with Gasteiger partial charge in [0.1, 0.15) is 27.4 Å². The fraction of sp³-hybridized carbons (Fsp3) is 0.258. The Morgan fingerprint density at radius 2 is 1.52 bits per heavy atom. The van der Waals surface area contributed by atoms with Crippen LogP contribution in [0.25, 0.3) is 22.3 Å². The highest BCUT2D eigenvalue weighted by atomic mass is 32.2. The van der Waals surface area contributed by atoms with Crippen molar-refractivity contribution in [1.82, 2.24) is 10.2 Å². The first-order valence-corrected chi connectivity index (χ1v) is 16.7. The monoisotopic (exact) mass is 731 g/mol. The van der Waals surface area contributed by atoms with Crippen LogP contribution in [0.5, 0.6) is 40.6 Å². The van der Waals surface area contributed by atoms with Gasteiger partial charge in [-0.3, -0.25) is 14.9 Å². The Kier molecular flexibility index (Phi) is 10.9. The van der Waals surface area contributed by atoms with Crippen LogP contribution in [0.3, 0.4) is 0 Å². The first-order valence-electron chi connectivity index (χ1n) is 14.3. The van der Waals surface area contributed by atoms with E-state index in [0.29, 0.717) is 40.7 Å². The summed E-state index contributed by atoms with van der Waals surface area (Å²) < 4.78 is 74.8. The van der Waals surface area contributed by atoms with Gasteiger partial charge in [-0.25, -0.2) is 0 Å². The number of hydrogen-bond acceptors (Lipinski definition) is 17. The second-order valence-corrected chi connectivity index (χ2v) is 12.5. The topological polar surface area (TPSA) is 211 Å². The molecule has 264 valence electrons. The van der Waals surface area contributed by atoms with Gasteiger partial charge in [0.05, 0.1) is 47.1 Å². The fourth-order valence-corrected chi connectivity index (χ4v) is 6.10. The molecule has 19 heteroatoms. The Morgan fingerprint density at radius 1 is 0.840 bits per heavy atom. The summed E-state index contributed by atoms with van der Waals surface area (Å²) >= 11 is 1.08. The van der Waals surface area contributed by atoms with Gasteiger partial charge in [0.25, 0.3) is 10.9 Å². The summed E-state index contributed by atoms with van der Waals surface area (Å²) in [5.41, 5.74) is -0.214. The maximum atomic E-state index is 14.0. The number of nitrogens with zero attached hydrogens (tertiary/aromatic N) is 3. The largest absolute Gasteiger partial charge is 0.496 e. The molecule has 0 unspecified atom stereocenters. The van der Waals surface area contributed by atoms with Crippen LogP contribution in [0.15, 0.2) is 72.3 Å². The zero-order chi connectivity index (χ0) is 36.0. The van der Waals surface area contributed by atoms with Gasteiger partial charge in [-0.2, -0.15) is 8.42 Å². The molecule has 0 spiro atoms. The summed E-state index contributed by atoms with van der Waals surface area (Å²) in [4.78, 5) is 23.8. The molecule has 0 N–H and O–H groups in total. The van der Waals surface area contributed by atoms with Gasteiger partial charge in [-0.05, 0) is 30.7 Å². The first kappa shape index (κ1) is 35.6. The molecular formula is C31H29N3O14S2. The molecule has 0 aliphatic carbocycles. The first-order chi connectivity index (χ1) is 24.0. The van der Waals surface area contributed by atoms with Crippen molar-refractivity contribution in [3.05, 3.63) is 68.9 Å². The Morgan fingerprint density at radius 3 is 2.12 bits per heavy atom. The van der Waals surface area contributed by atoms with Crippen LogP contribution in [-0.2, 0) is 10.1 Å². The maximum absolute atomic E-state index is 14.0.